The molecule has 0 fully saturated rings. The molecular formula is C12H12Cl2N4S2. The van der Waals surface area contributed by atoms with Gasteiger partial charge in [-0.3, -0.25) is 4.99 Å². The number of amidine groups is 1. The average molecular weight is 347 g/mol. The van der Waals surface area contributed by atoms with Gasteiger partial charge in [0.1, 0.15) is 11.4 Å². The standard InChI is InChI=1S/C12H12Cl2N4S2/c1-12(2)3-4-19-11(16-12)15-8-6(13)5-7(14)9-10(8)18-20-17-9/h5H,3-4H2,1-2H3,(H,15,16). The highest BCUT2D eigenvalue weighted by atomic mass is 35.5. The predicted molar refractivity (Wildman–Crippen MR) is 90.2 cm³/mol. The monoisotopic (exact) mass is 346 g/mol. The second-order valence-electron chi connectivity index (χ2n) is 5.13. The van der Waals surface area contributed by atoms with Crippen molar-refractivity contribution in [3.05, 3.63) is 16.1 Å². The van der Waals surface area contributed by atoms with Crippen molar-refractivity contribution >= 4 is 68.5 Å². The van der Waals surface area contributed by atoms with Gasteiger partial charge in [-0.2, -0.15) is 8.73 Å². The van der Waals surface area contributed by atoms with Crippen molar-refractivity contribution in [1.82, 2.24) is 0 Å². The van der Waals surface area contributed by atoms with E-state index in [0.29, 0.717) is 21.4 Å². The third-order valence-corrected chi connectivity index (χ3v) is 5.02. The lowest BCUT2D eigenvalue weighted by Gasteiger charge is -2.26. The smallest absolute Gasteiger partial charge is 0.161 e. The minimum atomic E-state index is -0.0497. The van der Waals surface area contributed by atoms with Gasteiger partial charge >= 0.3 is 0 Å². The Labute approximate surface area is 135 Å². The topological polar surface area (TPSA) is 49.1 Å². The van der Waals surface area contributed by atoms with E-state index < -0.39 is 0 Å². The molecule has 4 nitrogen and oxygen atoms in total. The molecule has 1 aromatic rings. The zero-order valence-corrected chi connectivity index (χ0v) is 14.1. The third kappa shape index (κ3) is 2.74. The third-order valence-electron chi connectivity index (χ3n) is 3.03. The Kier molecular flexibility index (Phi) is 3.83. The lowest BCUT2D eigenvalue weighted by Crippen LogP contribution is -2.27. The number of hydrogen-bond donors (Lipinski definition) is 1. The molecule has 0 amide bonds. The first-order valence-electron chi connectivity index (χ1n) is 6.06. The van der Waals surface area contributed by atoms with Crippen LogP contribution in [0.3, 0.4) is 0 Å². The number of aliphatic imine (C=N–C) groups is 1. The highest BCUT2D eigenvalue weighted by molar-refractivity contribution is 8.14. The van der Waals surface area contributed by atoms with E-state index in [1.54, 1.807) is 17.8 Å². The van der Waals surface area contributed by atoms with Gasteiger partial charge in [0.25, 0.3) is 0 Å². The Morgan fingerprint density at radius 2 is 1.95 bits per heavy atom. The number of halogens is 2. The van der Waals surface area contributed by atoms with Crippen molar-refractivity contribution in [2.75, 3.05) is 11.1 Å². The lowest BCUT2D eigenvalue weighted by molar-refractivity contribution is 0.507. The minimum Gasteiger partial charge on any atom is -0.332 e. The Bertz CT molecular complexity index is 679. The van der Waals surface area contributed by atoms with Crippen molar-refractivity contribution in [3.63, 3.8) is 0 Å². The normalized spacial score (nSPS) is 19.3. The van der Waals surface area contributed by atoms with Crippen LogP contribution >= 0.6 is 35.0 Å². The molecule has 20 heavy (non-hydrogen) atoms. The van der Waals surface area contributed by atoms with Gasteiger partial charge in [0, 0.05) is 5.75 Å². The molecule has 1 aromatic carbocycles. The molecule has 2 aliphatic heterocycles. The first-order valence-corrected chi connectivity index (χ1v) is 8.53. The second-order valence-corrected chi connectivity index (χ2v) is 7.56. The predicted octanol–water partition coefficient (Wildman–Crippen LogP) is 5.40. The fourth-order valence-electron chi connectivity index (χ4n) is 1.92. The van der Waals surface area contributed by atoms with E-state index in [2.05, 4.69) is 27.9 Å². The van der Waals surface area contributed by atoms with E-state index in [9.17, 15) is 0 Å². The van der Waals surface area contributed by atoms with E-state index in [0.717, 1.165) is 34.4 Å². The molecule has 0 bridgehead atoms. The highest BCUT2D eigenvalue weighted by Crippen LogP contribution is 2.48. The van der Waals surface area contributed by atoms with Gasteiger partial charge in [0.05, 0.1) is 32.6 Å². The van der Waals surface area contributed by atoms with Crippen LogP contribution in [0.25, 0.3) is 0 Å². The lowest BCUT2D eigenvalue weighted by atomic mass is 10.0. The molecule has 8 heteroatoms. The highest BCUT2D eigenvalue weighted by Gasteiger charge is 2.25. The fourth-order valence-corrected chi connectivity index (χ4v) is 4.36. The van der Waals surface area contributed by atoms with E-state index in [4.69, 9.17) is 28.2 Å². The van der Waals surface area contributed by atoms with Crippen LogP contribution in [0, 0.1) is 0 Å². The SMILES string of the molecule is CC1(C)CCSC(Nc2c(Cl)cc(Cl)c3c2N=S=N3)=N1. The molecule has 2 aliphatic rings. The number of anilines is 1. The van der Waals surface area contributed by atoms with Gasteiger partial charge < -0.3 is 5.32 Å². The number of hydrogen-bond acceptors (Lipinski definition) is 5. The molecule has 0 radical (unpaired) electrons. The number of nitrogens with zero attached hydrogens (tertiary/aromatic N) is 3. The minimum absolute atomic E-state index is 0.0497. The van der Waals surface area contributed by atoms with Crippen molar-refractivity contribution < 1.29 is 0 Å². The fraction of sp³-hybridized carbons (Fsp3) is 0.417. The molecule has 2 heterocycles. The van der Waals surface area contributed by atoms with Gasteiger partial charge in [-0.25, -0.2) is 0 Å². The Morgan fingerprint density at radius 1 is 1.20 bits per heavy atom. The number of nitrogens with one attached hydrogen (secondary N) is 1. The molecule has 0 unspecified atom stereocenters. The average Bonchev–Trinajstić information content (AvgIpc) is 2.82. The summed E-state index contributed by atoms with van der Waals surface area (Å²) >= 11 is 15.2. The molecule has 0 atom stereocenters. The molecule has 0 saturated heterocycles. The molecular weight excluding hydrogens is 335 g/mol. The number of benzene rings is 1. The zero-order chi connectivity index (χ0) is 14.3. The maximum atomic E-state index is 6.28. The number of fused-ring (bicyclic) bond motifs is 1. The first-order chi connectivity index (χ1) is 9.46. The zero-order valence-electron chi connectivity index (χ0n) is 10.9. The van der Waals surface area contributed by atoms with Gasteiger partial charge in [-0.1, -0.05) is 35.0 Å². The molecule has 3 rings (SSSR count). The van der Waals surface area contributed by atoms with Crippen molar-refractivity contribution in [2.45, 2.75) is 25.8 Å². The van der Waals surface area contributed by atoms with E-state index in [1.165, 1.54) is 0 Å². The Hall–Kier alpha value is -0.560. The van der Waals surface area contributed by atoms with E-state index in [1.807, 2.05) is 0 Å². The van der Waals surface area contributed by atoms with Crippen molar-refractivity contribution in [2.24, 2.45) is 13.7 Å². The Morgan fingerprint density at radius 3 is 2.70 bits per heavy atom. The van der Waals surface area contributed by atoms with Crippen LogP contribution < -0.4 is 5.32 Å². The first kappa shape index (κ1) is 14.4. The maximum Gasteiger partial charge on any atom is 0.161 e. The molecule has 0 aliphatic carbocycles. The summed E-state index contributed by atoms with van der Waals surface area (Å²) < 4.78 is 8.47. The van der Waals surface area contributed by atoms with Crippen molar-refractivity contribution in [3.8, 4) is 0 Å². The van der Waals surface area contributed by atoms with Crippen LogP contribution in [0.2, 0.25) is 10.0 Å². The van der Waals surface area contributed by atoms with Crippen LogP contribution in [0.15, 0.2) is 19.8 Å². The molecule has 106 valence electrons. The van der Waals surface area contributed by atoms with Gasteiger partial charge in [-0.15, -0.1) is 0 Å². The summed E-state index contributed by atoms with van der Waals surface area (Å²) in [6.45, 7) is 4.25. The molecule has 0 spiro atoms. The van der Waals surface area contributed by atoms with Crippen LogP contribution in [0.1, 0.15) is 20.3 Å². The van der Waals surface area contributed by atoms with Crippen molar-refractivity contribution in [1.29, 1.82) is 0 Å². The van der Waals surface area contributed by atoms with Gasteiger partial charge in [0.15, 0.2) is 5.17 Å². The molecule has 1 N–H and O–H groups in total. The Balaban J connectivity index is 1.99. The van der Waals surface area contributed by atoms with E-state index >= 15 is 0 Å². The quantitative estimate of drug-likeness (QED) is 0.750. The molecule has 0 aromatic heterocycles. The van der Waals surface area contributed by atoms with E-state index in [-0.39, 0.29) is 5.54 Å². The summed E-state index contributed by atoms with van der Waals surface area (Å²) in [7, 11) is 0. The second kappa shape index (κ2) is 5.33. The van der Waals surface area contributed by atoms with Crippen LogP contribution in [-0.4, -0.2) is 16.5 Å². The number of thioether (sulfide) groups is 1. The summed E-state index contributed by atoms with van der Waals surface area (Å²) in [5, 5.41) is 5.19. The summed E-state index contributed by atoms with van der Waals surface area (Å²) in [4.78, 5) is 4.70. The maximum absolute atomic E-state index is 6.28. The van der Waals surface area contributed by atoms with Crippen LogP contribution in [0.5, 0.6) is 0 Å². The summed E-state index contributed by atoms with van der Waals surface area (Å²) in [6.07, 6.45) is 1.06. The summed E-state index contributed by atoms with van der Waals surface area (Å²) in [5.74, 6) is 1.03. The molecule has 0 saturated carbocycles. The number of rotatable bonds is 1. The summed E-state index contributed by atoms with van der Waals surface area (Å²) in [5.41, 5.74) is 2.04. The largest absolute Gasteiger partial charge is 0.332 e. The van der Waals surface area contributed by atoms with Gasteiger partial charge in [-0.05, 0) is 26.3 Å². The van der Waals surface area contributed by atoms with Crippen LogP contribution in [-0.2, 0) is 11.4 Å². The van der Waals surface area contributed by atoms with Gasteiger partial charge in [0.2, 0.25) is 0 Å². The summed E-state index contributed by atoms with van der Waals surface area (Å²) in [6, 6.07) is 1.69. The van der Waals surface area contributed by atoms with Crippen LogP contribution in [0.4, 0.5) is 17.1 Å².